The monoisotopic (exact) mass is 352 g/mol. The van der Waals surface area contributed by atoms with Crippen molar-refractivity contribution in [1.29, 1.82) is 0 Å². The van der Waals surface area contributed by atoms with Gasteiger partial charge in [-0.3, -0.25) is 4.79 Å². The molecule has 5 heteroatoms. The molecule has 1 amide bonds. The molecule has 0 unspecified atom stereocenters. The minimum Gasteiger partial charge on any atom is -0.376 e. The maximum Gasteiger partial charge on any atom is 0.259 e. The zero-order chi connectivity index (χ0) is 18.9. The van der Waals surface area contributed by atoms with Crippen LogP contribution in [0.3, 0.4) is 0 Å². The highest BCUT2D eigenvalue weighted by Crippen LogP contribution is 2.15. The van der Waals surface area contributed by atoms with Crippen LogP contribution in [0.1, 0.15) is 30.5 Å². The van der Waals surface area contributed by atoms with Crippen LogP contribution in [0.25, 0.3) is 0 Å². The van der Waals surface area contributed by atoms with Crippen LogP contribution in [-0.2, 0) is 4.79 Å². The standard InChI is InChI=1S/C21H28N4O/c1-5-25(6-2)19-10-8-18(9-11-19)14-23-24-21(26)15-22-20-12-7-16(3)13-17(20)4/h7-14,22H,5-6,15H2,1-4H3,(H,24,26)/b23-14-. The number of benzene rings is 2. The average molecular weight is 352 g/mol. The van der Waals surface area contributed by atoms with Crippen molar-refractivity contribution in [2.45, 2.75) is 27.7 Å². The van der Waals surface area contributed by atoms with Crippen LogP contribution in [0.5, 0.6) is 0 Å². The zero-order valence-corrected chi connectivity index (χ0v) is 16.0. The first-order valence-electron chi connectivity index (χ1n) is 9.01. The fourth-order valence-electron chi connectivity index (χ4n) is 2.77. The SMILES string of the molecule is CCN(CC)c1ccc(/C=N\NC(=O)CNc2ccc(C)cc2C)cc1. The van der Waals surface area contributed by atoms with Gasteiger partial charge in [0.2, 0.25) is 0 Å². The topological polar surface area (TPSA) is 56.7 Å². The van der Waals surface area contributed by atoms with Gasteiger partial charge in [0.05, 0.1) is 12.8 Å². The summed E-state index contributed by atoms with van der Waals surface area (Å²) in [6.07, 6.45) is 1.65. The maximum atomic E-state index is 11.9. The van der Waals surface area contributed by atoms with Crippen molar-refractivity contribution in [3.63, 3.8) is 0 Å². The summed E-state index contributed by atoms with van der Waals surface area (Å²) in [5.41, 5.74) is 7.97. The minimum absolute atomic E-state index is 0.180. The Morgan fingerprint density at radius 2 is 1.77 bits per heavy atom. The molecule has 0 aromatic heterocycles. The van der Waals surface area contributed by atoms with Crippen LogP contribution in [0, 0.1) is 13.8 Å². The number of amides is 1. The van der Waals surface area contributed by atoms with Crippen molar-refractivity contribution in [1.82, 2.24) is 5.43 Å². The highest BCUT2D eigenvalue weighted by molar-refractivity contribution is 5.84. The van der Waals surface area contributed by atoms with Crippen molar-refractivity contribution in [2.24, 2.45) is 5.10 Å². The van der Waals surface area contributed by atoms with Crippen LogP contribution < -0.4 is 15.6 Å². The van der Waals surface area contributed by atoms with Crippen molar-refractivity contribution in [2.75, 3.05) is 29.9 Å². The molecule has 0 saturated carbocycles. The number of aryl methyl sites for hydroxylation is 2. The number of hydrogen-bond donors (Lipinski definition) is 2. The van der Waals surface area contributed by atoms with E-state index in [4.69, 9.17) is 0 Å². The summed E-state index contributed by atoms with van der Waals surface area (Å²) in [5.74, 6) is -0.180. The van der Waals surface area contributed by atoms with E-state index in [1.165, 1.54) is 11.3 Å². The number of nitrogens with one attached hydrogen (secondary N) is 2. The molecule has 0 aliphatic heterocycles. The molecule has 2 aromatic carbocycles. The van der Waals surface area contributed by atoms with Gasteiger partial charge in [0.1, 0.15) is 0 Å². The molecule has 0 bridgehead atoms. The van der Waals surface area contributed by atoms with E-state index in [0.717, 1.165) is 29.9 Å². The molecule has 0 heterocycles. The Morgan fingerprint density at radius 3 is 2.38 bits per heavy atom. The molecular weight excluding hydrogens is 324 g/mol. The predicted octanol–water partition coefficient (Wildman–Crippen LogP) is 3.71. The lowest BCUT2D eigenvalue weighted by Gasteiger charge is -2.20. The molecule has 0 aliphatic rings. The Hall–Kier alpha value is -2.82. The zero-order valence-electron chi connectivity index (χ0n) is 16.0. The smallest absolute Gasteiger partial charge is 0.259 e. The van der Waals surface area contributed by atoms with E-state index in [-0.39, 0.29) is 12.5 Å². The molecule has 26 heavy (non-hydrogen) atoms. The van der Waals surface area contributed by atoms with Crippen molar-refractivity contribution < 1.29 is 4.79 Å². The first-order chi connectivity index (χ1) is 12.5. The van der Waals surface area contributed by atoms with E-state index in [2.05, 4.69) is 52.8 Å². The Bertz CT molecular complexity index is 749. The maximum absolute atomic E-state index is 11.9. The van der Waals surface area contributed by atoms with Crippen LogP contribution >= 0.6 is 0 Å². The largest absolute Gasteiger partial charge is 0.376 e. The number of rotatable bonds is 8. The fourth-order valence-corrected chi connectivity index (χ4v) is 2.77. The van der Waals surface area contributed by atoms with E-state index in [0.29, 0.717) is 0 Å². The normalized spacial score (nSPS) is 10.8. The lowest BCUT2D eigenvalue weighted by Crippen LogP contribution is -2.26. The van der Waals surface area contributed by atoms with E-state index < -0.39 is 0 Å². The average Bonchev–Trinajstić information content (AvgIpc) is 2.63. The van der Waals surface area contributed by atoms with Gasteiger partial charge in [-0.1, -0.05) is 29.8 Å². The highest BCUT2D eigenvalue weighted by atomic mass is 16.2. The number of hydrazone groups is 1. The van der Waals surface area contributed by atoms with Crippen molar-refractivity contribution in [3.8, 4) is 0 Å². The second-order valence-corrected chi connectivity index (χ2v) is 6.23. The molecule has 2 aromatic rings. The van der Waals surface area contributed by atoms with Gasteiger partial charge in [-0.15, -0.1) is 0 Å². The highest BCUT2D eigenvalue weighted by Gasteiger charge is 2.03. The molecule has 0 radical (unpaired) electrons. The van der Waals surface area contributed by atoms with Gasteiger partial charge in [0.15, 0.2) is 0 Å². The Kier molecular flexibility index (Phi) is 7.21. The molecule has 0 spiro atoms. The minimum atomic E-state index is -0.180. The van der Waals surface area contributed by atoms with Crippen LogP contribution in [0.15, 0.2) is 47.6 Å². The molecule has 0 fully saturated rings. The molecular formula is C21H28N4O. The summed E-state index contributed by atoms with van der Waals surface area (Å²) >= 11 is 0. The Morgan fingerprint density at radius 1 is 1.08 bits per heavy atom. The number of carbonyl (C=O) groups is 1. The van der Waals surface area contributed by atoms with Gasteiger partial charge in [0, 0.05) is 24.5 Å². The van der Waals surface area contributed by atoms with E-state index in [1.54, 1.807) is 6.21 Å². The molecule has 0 atom stereocenters. The third kappa shape index (κ3) is 5.62. The Balaban J connectivity index is 1.83. The van der Waals surface area contributed by atoms with Gasteiger partial charge in [0.25, 0.3) is 5.91 Å². The van der Waals surface area contributed by atoms with E-state index in [9.17, 15) is 4.79 Å². The molecule has 2 rings (SSSR count). The van der Waals surface area contributed by atoms with Gasteiger partial charge in [-0.2, -0.15) is 5.10 Å². The molecule has 0 saturated heterocycles. The van der Waals surface area contributed by atoms with Gasteiger partial charge in [-0.05, 0) is 57.0 Å². The van der Waals surface area contributed by atoms with Gasteiger partial charge < -0.3 is 10.2 Å². The van der Waals surface area contributed by atoms with Crippen molar-refractivity contribution >= 4 is 23.5 Å². The van der Waals surface area contributed by atoms with E-state index >= 15 is 0 Å². The fraction of sp³-hybridized carbons (Fsp3) is 0.333. The summed E-state index contributed by atoms with van der Waals surface area (Å²) < 4.78 is 0. The van der Waals surface area contributed by atoms with Crippen LogP contribution in [-0.4, -0.2) is 31.8 Å². The number of carbonyl (C=O) groups excluding carboxylic acids is 1. The second-order valence-electron chi connectivity index (χ2n) is 6.23. The molecule has 2 N–H and O–H groups in total. The third-order valence-electron chi connectivity index (χ3n) is 4.25. The summed E-state index contributed by atoms with van der Waals surface area (Å²) in [5, 5.41) is 7.16. The van der Waals surface area contributed by atoms with Crippen molar-refractivity contribution in [3.05, 3.63) is 59.2 Å². The quantitative estimate of drug-likeness (QED) is 0.562. The molecule has 138 valence electrons. The summed E-state index contributed by atoms with van der Waals surface area (Å²) in [7, 11) is 0. The lowest BCUT2D eigenvalue weighted by atomic mass is 10.1. The number of anilines is 2. The third-order valence-corrected chi connectivity index (χ3v) is 4.25. The summed E-state index contributed by atoms with van der Waals surface area (Å²) in [6.45, 7) is 10.5. The van der Waals surface area contributed by atoms with Gasteiger partial charge >= 0.3 is 0 Å². The lowest BCUT2D eigenvalue weighted by molar-refractivity contribution is -0.119. The van der Waals surface area contributed by atoms with Crippen LogP contribution in [0.4, 0.5) is 11.4 Å². The second kappa shape index (κ2) is 9.61. The number of nitrogens with zero attached hydrogens (tertiary/aromatic N) is 2. The van der Waals surface area contributed by atoms with Gasteiger partial charge in [-0.25, -0.2) is 5.43 Å². The summed E-state index contributed by atoms with van der Waals surface area (Å²) in [6, 6.07) is 14.2. The van der Waals surface area contributed by atoms with E-state index in [1.807, 2.05) is 38.1 Å². The Labute approximate surface area is 156 Å². The molecule has 0 aliphatic carbocycles. The summed E-state index contributed by atoms with van der Waals surface area (Å²) in [4.78, 5) is 14.2. The predicted molar refractivity (Wildman–Crippen MR) is 110 cm³/mol. The van der Waals surface area contributed by atoms with Crippen LogP contribution in [0.2, 0.25) is 0 Å². The first-order valence-corrected chi connectivity index (χ1v) is 9.01. The molecule has 5 nitrogen and oxygen atoms in total. The first kappa shape index (κ1) is 19.5. The number of hydrogen-bond acceptors (Lipinski definition) is 4.